The van der Waals surface area contributed by atoms with Crippen molar-refractivity contribution in [2.24, 2.45) is 22.2 Å². The number of allylic oxidation sites excluding steroid dienone is 1. The predicted molar refractivity (Wildman–Crippen MR) is 101 cm³/mol. The zero-order valence-corrected chi connectivity index (χ0v) is 16.9. The standard InChI is InChI=1S/C22H35NO2/c1-19(2,3)23-18(25)22-12-8-7-9-16(22)21(6)13-11-17(24)20(4,5)15(21)10-14-22/h9,15H,7-8,10-14H2,1-6H3,(H,23,25)/t15-,21-,22-/m0/s1. The van der Waals surface area contributed by atoms with Gasteiger partial charge in [-0.3, -0.25) is 9.59 Å². The Kier molecular flexibility index (Phi) is 4.25. The third kappa shape index (κ3) is 2.78. The quantitative estimate of drug-likeness (QED) is 0.694. The van der Waals surface area contributed by atoms with Crippen molar-refractivity contribution >= 4 is 11.7 Å². The lowest BCUT2D eigenvalue weighted by atomic mass is 9.43. The van der Waals surface area contributed by atoms with Crippen LogP contribution in [0.1, 0.15) is 86.5 Å². The summed E-state index contributed by atoms with van der Waals surface area (Å²) in [6.45, 7) is 12.8. The maximum Gasteiger partial charge on any atom is 0.230 e. The van der Waals surface area contributed by atoms with Gasteiger partial charge in [-0.25, -0.2) is 0 Å². The van der Waals surface area contributed by atoms with Crippen LogP contribution in [0.15, 0.2) is 11.6 Å². The Morgan fingerprint density at radius 3 is 2.48 bits per heavy atom. The van der Waals surface area contributed by atoms with Crippen LogP contribution < -0.4 is 5.32 Å². The number of rotatable bonds is 1. The molecular formula is C22H35NO2. The van der Waals surface area contributed by atoms with Crippen LogP contribution in [0.25, 0.3) is 0 Å². The van der Waals surface area contributed by atoms with Crippen molar-refractivity contribution < 1.29 is 9.59 Å². The fourth-order valence-corrected chi connectivity index (χ4v) is 6.08. The van der Waals surface area contributed by atoms with E-state index < -0.39 is 0 Å². The molecule has 2 fully saturated rings. The number of ketones is 1. The molecule has 3 rings (SSSR count). The minimum atomic E-state index is -0.354. The van der Waals surface area contributed by atoms with E-state index in [0.29, 0.717) is 18.1 Å². The molecule has 0 aliphatic heterocycles. The lowest BCUT2D eigenvalue weighted by Gasteiger charge is -2.60. The van der Waals surface area contributed by atoms with Crippen molar-refractivity contribution in [1.82, 2.24) is 5.32 Å². The van der Waals surface area contributed by atoms with Gasteiger partial charge in [0.25, 0.3) is 0 Å². The lowest BCUT2D eigenvalue weighted by Crippen LogP contribution is -2.59. The summed E-state index contributed by atoms with van der Waals surface area (Å²) < 4.78 is 0. The van der Waals surface area contributed by atoms with E-state index in [-0.39, 0.29) is 27.7 Å². The van der Waals surface area contributed by atoms with Crippen LogP contribution in [-0.2, 0) is 9.59 Å². The van der Waals surface area contributed by atoms with Gasteiger partial charge in [-0.05, 0) is 70.6 Å². The molecule has 1 N–H and O–H groups in total. The smallest absolute Gasteiger partial charge is 0.230 e. The zero-order valence-electron chi connectivity index (χ0n) is 16.9. The van der Waals surface area contributed by atoms with Gasteiger partial charge >= 0.3 is 0 Å². The van der Waals surface area contributed by atoms with E-state index in [2.05, 4.69) is 52.9 Å². The van der Waals surface area contributed by atoms with Crippen LogP contribution in [0.2, 0.25) is 0 Å². The van der Waals surface area contributed by atoms with Crippen LogP contribution in [0.5, 0.6) is 0 Å². The van der Waals surface area contributed by atoms with Crippen molar-refractivity contribution in [2.75, 3.05) is 0 Å². The maximum atomic E-state index is 13.4. The summed E-state index contributed by atoms with van der Waals surface area (Å²) in [6.07, 6.45) is 8.88. The van der Waals surface area contributed by atoms with Gasteiger partial charge in [0, 0.05) is 17.4 Å². The Morgan fingerprint density at radius 1 is 1.16 bits per heavy atom. The first kappa shape index (κ1) is 18.7. The molecule has 1 amide bonds. The van der Waals surface area contributed by atoms with E-state index in [9.17, 15) is 9.59 Å². The highest BCUT2D eigenvalue weighted by atomic mass is 16.2. The second kappa shape index (κ2) is 5.69. The van der Waals surface area contributed by atoms with Gasteiger partial charge in [0.2, 0.25) is 5.91 Å². The molecule has 0 heterocycles. The fourth-order valence-electron chi connectivity index (χ4n) is 6.08. The normalized spacial score (nSPS) is 37.6. The van der Waals surface area contributed by atoms with Crippen LogP contribution in [0.4, 0.5) is 0 Å². The van der Waals surface area contributed by atoms with Crippen molar-refractivity contribution in [3.8, 4) is 0 Å². The second-order valence-electron chi connectivity index (χ2n) is 10.4. The van der Waals surface area contributed by atoms with Crippen molar-refractivity contribution in [3.63, 3.8) is 0 Å². The third-order valence-corrected chi connectivity index (χ3v) is 7.30. The summed E-state index contributed by atoms with van der Waals surface area (Å²) in [6, 6.07) is 0. The second-order valence-corrected chi connectivity index (χ2v) is 10.4. The Bertz CT molecular complexity index is 624. The molecule has 0 aromatic rings. The van der Waals surface area contributed by atoms with Crippen LogP contribution in [0.3, 0.4) is 0 Å². The van der Waals surface area contributed by atoms with E-state index in [1.54, 1.807) is 0 Å². The average molecular weight is 346 g/mol. The average Bonchev–Trinajstić information content (AvgIpc) is 2.50. The number of carbonyl (C=O) groups is 2. The molecule has 3 aliphatic rings. The van der Waals surface area contributed by atoms with Crippen molar-refractivity contribution in [1.29, 1.82) is 0 Å². The van der Waals surface area contributed by atoms with Gasteiger partial charge in [0.15, 0.2) is 0 Å². The molecular weight excluding hydrogens is 310 g/mol. The van der Waals surface area contributed by atoms with Crippen LogP contribution in [-0.4, -0.2) is 17.2 Å². The number of hydrogen-bond donors (Lipinski definition) is 1. The molecule has 3 aliphatic carbocycles. The van der Waals surface area contributed by atoms with E-state index >= 15 is 0 Å². The molecule has 2 saturated carbocycles. The highest BCUT2D eigenvalue weighted by Gasteiger charge is 2.61. The van der Waals surface area contributed by atoms with Crippen molar-refractivity contribution in [3.05, 3.63) is 11.6 Å². The number of hydrogen-bond acceptors (Lipinski definition) is 2. The first-order chi connectivity index (χ1) is 11.4. The summed E-state index contributed by atoms with van der Waals surface area (Å²) in [5, 5.41) is 3.27. The molecule has 140 valence electrons. The number of amides is 1. The molecule has 0 unspecified atom stereocenters. The van der Waals surface area contributed by atoms with E-state index in [4.69, 9.17) is 0 Å². The molecule has 0 spiro atoms. The molecule has 0 aromatic carbocycles. The summed E-state index contributed by atoms with van der Waals surface area (Å²) in [5.41, 5.74) is 0.481. The van der Waals surface area contributed by atoms with E-state index in [1.807, 2.05) is 0 Å². The molecule has 0 saturated heterocycles. The summed E-state index contributed by atoms with van der Waals surface area (Å²) in [4.78, 5) is 26.0. The molecule has 3 nitrogen and oxygen atoms in total. The molecule has 0 radical (unpaired) electrons. The van der Waals surface area contributed by atoms with Crippen LogP contribution >= 0.6 is 0 Å². The Morgan fingerprint density at radius 2 is 1.84 bits per heavy atom. The lowest BCUT2D eigenvalue weighted by molar-refractivity contribution is -0.146. The first-order valence-corrected chi connectivity index (χ1v) is 10.0. The molecule has 0 aromatic heterocycles. The SMILES string of the molecule is CC(C)(C)NC(=O)[C@]12CCCC=C1[C@@]1(C)CCC(=O)C(C)(C)[C@@H]1CC2. The van der Waals surface area contributed by atoms with Gasteiger partial charge in [0.05, 0.1) is 5.41 Å². The summed E-state index contributed by atoms with van der Waals surface area (Å²) in [5.74, 6) is 0.958. The minimum Gasteiger partial charge on any atom is -0.351 e. The summed E-state index contributed by atoms with van der Waals surface area (Å²) >= 11 is 0. The fraction of sp³-hybridized carbons (Fsp3) is 0.818. The Balaban J connectivity index is 2.04. The largest absolute Gasteiger partial charge is 0.351 e. The molecule has 3 atom stereocenters. The predicted octanol–water partition coefficient (Wildman–Crippen LogP) is 4.80. The van der Waals surface area contributed by atoms with Gasteiger partial charge in [0.1, 0.15) is 5.78 Å². The van der Waals surface area contributed by atoms with Gasteiger partial charge in [-0.2, -0.15) is 0 Å². The number of carbonyl (C=O) groups excluding carboxylic acids is 2. The number of fused-ring (bicyclic) bond motifs is 3. The van der Waals surface area contributed by atoms with Gasteiger partial charge < -0.3 is 5.32 Å². The summed E-state index contributed by atoms with van der Waals surface area (Å²) in [7, 11) is 0. The van der Waals surface area contributed by atoms with Crippen LogP contribution in [0, 0.1) is 22.2 Å². The molecule has 25 heavy (non-hydrogen) atoms. The topological polar surface area (TPSA) is 46.2 Å². The molecule has 3 heteroatoms. The number of nitrogens with one attached hydrogen (secondary N) is 1. The Labute approximate surface area is 153 Å². The minimum absolute atomic E-state index is 0.0225. The first-order valence-electron chi connectivity index (χ1n) is 10.0. The highest BCUT2D eigenvalue weighted by Crippen LogP contribution is 2.65. The van der Waals surface area contributed by atoms with E-state index in [0.717, 1.165) is 38.5 Å². The monoisotopic (exact) mass is 345 g/mol. The van der Waals surface area contributed by atoms with E-state index in [1.165, 1.54) is 5.57 Å². The van der Waals surface area contributed by atoms with Gasteiger partial charge in [-0.15, -0.1) is 0 Å². The third-order valence-electron chi connectivity index (χ3n) is 7.30. The number of Topliss-reactive ketones (excluding diaryl/α,β-unsaturated/α-hetero) is 1. The van der Waals surface area contributed by atoms with Gasteiger partial charge in [-0.1, -0.05) is 32.4 Å². The zero-order chi connectivity index (χ0) is 18.7. The van der Waals surface area contributed by atoms with Crippen molar-refractivity contribution in [2.45, 2.75) is 92.0 Å². The maximum absolute atomic E-state index is 13.4. The highest BCUT2D eigenvalue weighted by molar-refractivity contribution is 5.89. The molecule has 0 bridgehead atoms. The Hall–Kier alpha value is -1.12.